The van der Waals surface area contributed by atoms with Crippen LogP contribution in [0.25, 0.3) is 0 Å². The summed E-state index contributed by atoms with van der Waals surface area (Å²) >= 11 is 0. The van der Waals surface area contributed by atoms with Gasteiger partial charge in [-0.25, -0.2) is 0 Å². The van der Waals surface area contributed by atoms with Crippen LogP contribution < -0.4 is 0 Å². The molecule has 0 bridgehead atoms. The van der Waals surface area contributed by atoms with Crippen LogP contribution in [0.15, 0.2) is 0 Å². The Bertz CT molecular complexity index is 342. The van der Waals surface area contributed by atoms with E-state index in [4.69, 9.17) is 0 Å². The normalized spacial score (nSPS) is 21.7. The van der Waals surface area contributed by atoms with Crippen LogP contribution in [-0.2, 0) is 9.59 Å². The Kier molecular flexibility index (Phi) is 3.64. The zero-order valence-electron chi connectivity index (χ0n) is 11.7. The summed E-state index contributed by atoms with van der Waals surface area (Å²) in [5.74, 6) is 0.790. The number of hydrogen-bond donors (Lipinski definition) is 0. The molecule has 102 valence electrons. The van der Waals surface area contributed by atoms with Gasteiger partial charge in [-0.3, -0.25) is 9.59 Å². The molecule has 1 heterocycles. The van der Waals surface area contributed by atoms with E-state index in [1.807, 2.05) is 30.6 Å². The van der Waals surface area contributed by atoms with Crippen molar-refractivity contribution >= 4 is 11.8 Å². The van der Waals surface area contributed by atoms with Gasteiger partial charge in [-0.05, 0) is 19.3 Å². The highest BCUT2D eigenvalue weighted by molar-refractivity contribution is 5.82. The molecule has 0 unspecified atom stereocenters. The molecule has 4 nitrogen and oxygen atoms in total. The van der Waals surface area contributed by atoms with Crippen LogP contribution in [0.1, 0.15) is 40.0 Å². The van der Waals surface area contributed by atoms with Gasteiger partial charge in [0.1, 0.15) is 0 Å². The molecule has 4 heteroatoms. The third-order valence-corrected chi connectivity index (χ3v) is 3.66. The van der Waals surface area contributed by atoms with Gasteiger partial charge in [0.15, 0.2) is 0 Å². The molecule has 2 rings (SSSR count). The van der Waals surface area contributed by atoms with Crippen LogP contribution in [0, 0.1) is 11.3 Å². The maximum atomic E-state index is 12.2. The fourth-order valence-corrected chi connectivity index (χ4v) is 2.40. The van der Waals surface area contributed by atoms with Crippen molar-refractivity contribution in [2.75, 3.05) is 26.2 Å². The second kappa shape index (κ2) is 4.90. The Morgan fingerprint density at radius 3 is 2.06 bits per heavy atom. The van der Waals surface area contributed by atoms with E-state index in [-0.39, 0.29) is 17.2 Å². The topological polar surface area (TPSA) is 40.6 Å². The van der Waals surface area contributed by atoms with E-state index in [0.717, 1.165) is 32.4 Å². The first-order valence-electron chi connectivity index (χ1n) is 6.98. The van der Waals surface area contributed by atoms with Gasteiger partial charge >= 0.3 is 0 Å². The number of rotatable bonds is 1. The van der Waals surface area contributed by atoms with E-state index >= 15 is 0 Å². The maximum absolute atomic E-state index is 12.2. The zero-order chi connectivity index (χ0) is 13.3. The first-order valence-corrected chi connectivity index (χ1v) is 6.98. The number of carbonyl (C=O) groups is 2. The van der Waals surface area contributed by atoms with Gasteiger partial charge in [-0.1, -0.05) is 20.8 Å². The molecule has 1 saturated heterocycles. The Hall–Kier alpha value is -1.06. The van der Waals surface area contributed by atoms with E-state index in [1.54, 1.807) is 0 Å². The first kappa shape index (κ1) is 13.4. The smallest absolute Gasteiger partial charge is 0.228 e. The summed E-state index contributed by atoms with van der Waals surface area (Å²) in [7, 11) is 0. The molecular weight excluding hydrogens is 228 g/mol. The van der Waals surface area contributed by atoms with Crippen LogP contribution in [0.4, 0.5) is 0 Å². The van der Waals surface area contributed by atoms with Crippen LogP contribution in [-0.4, -0.2) is 47.8 Å². The van der Waals surface area contributed by atoms with Gasteiger partial charge in [-0.15, -0.1) is 0 Å². The van der Waals surface area contributed by atoms with E-state index in [2.05, 4.69) is 0 Å². The van der Waals surface area contributed by atoms with Crippen molar-refractivity contribution in [3.63, 3.8) is 0 Å². The molecule has 2 amide bonds. The Morgan fingerprint density at radius 2 is 1.50 bits per heavy atom. The van der Waals surface area contributed by atoms with Crippen molar-refractivity contribution in [2.24, 2.45) is 11.3 Å². The molecule has 18 heavy (non-hydrogen) atoms. The molecule has 0 radical (unpaired) electrons. The van der Waals surface area contributed by atoms with Gasteiger partial charge in [0.2, 0.25) is 11.8 Å². The molecule has 2 fully saturated rings. The molecule has 2 aliphatic rings. The molecule has 0 aromatic rings. The molecule has 0 atom stereocenters. The number of hydrogen-bond acceptors (Lipinski definition) is 2. The molecule has 1 aliphatic heterocycles. The van der Waals surface area contributed by atoms with Crippen LogP contribution >= 0.6 is 0 Å². The second-order valence-corrected chi connectivity index (χ2v) is 6.50. The summed E-state index contributed by atoms with van der Waals surface area (Å²) in [6.07, 6.45) is 3.01. The lowest BCUT2D eigenvalue weighted by atomic mass is 9.94. The molecule has 0 aromatic heterocycles. The summed E-state index contributed by atoms with van der Waals surface area (Å²) in [5, 5.41) is 0. The van der Waals surface area contributed by atoms with Crippen molar-refractivity contribution in [1.29, 1.82) is 0 Å². The molecule has 0 aromatic carbocycles. The highest BCUT2D eigenvalue weighted by Crippen LogP contribution is 2.31. The van der Waals surface area contributed by atoms with Crippen molar-refractivity contribution in [3.05, 3.63) is 0 Å². The summed E-state index contributed by atoms with van der Waals surface area (Å²) < 4.78 is 0. The van der Waals surface area contributed by atoms with E-state index in [9.17, 15) is 9.59 Å². The highest BCUT2D eigenvalue weighted by Gasteiger charge is 2.35. The molecule has 1 saturated carbocycles. The van der Waals surface area contributed by atoms with E-state index in [0.29, 0.717) is 19.0 Å². The Morgan fingerprint density at radius 1 is 0.944 bits per heavy atom. The third kappa shape index (κ3) is 3.03. The lowest BCUT2D eigenvalue weighted by molar-refractivity contribution is -0.140. The number of carbonyl (C=O) groups excluding carboxylic acids is 2. The standard InChI is InChI=1S/C14H24N2O2/c1-14(2,3)13(18)16-8-4-7-15(9-10-16)12(17)11-5-6-11/h11H,4-10H2,1-3H3. The summed E-state index contributed by atoms with van der Waals surface area (Å²) in [6.45, 7) is 8.84. The predicted molar refractivity (Wildman–Crippen MR) is 70.0 cm³/mol. The first-order chi connectivity index (χ1) is 8.39. The minimum atomic E-state index is -0.324. The average Bonchev–Trinajstić information content (AvgIpc) is 3.12. The summed E-state index contributed by atoms with van der Waals surface area (Å²) in [4.78, 5) is 28.1. The minimum absolute atomic E-state index is 0.197. The molecule has 1 aliphatic carbocycles. The van der Waals surface area contributed by atoms with E-state index < -0.39 is 0 Å². The third-order valence-electron chi connectivity index (χ3n) is 3.66. The largest absolute Gasteiger partial charge is 0.341 e. The van der Waals surface area contributed by atoms with Crippen molar-refractivity contribution in [2.45, 2.75) is 40.0 Å². The van der Waals surface area contributed by atoms with Crippen molar-refractivity contribution < 1.29 is 9.59 Å². The lowest BCUT2D eigenvalue weighted by Gasteiger charge is -2.28. The van der Waals surface area contributed by atoms with Crippen LogP contribution in [0.2, 0.25) is 0 Å². The minimum Gasteiger partial charge on any atom is -0.341 e. The molecule has 0 spiro atoms. The molecule has 0 N–H and O–H groups in total. The number of amides is 2. The summed E-state index contributed by atoms with van der Waals surface area (Å²) in [6, 6.07) is 0. The summed E-state index contributed by atoms with van der Waals surface area (Å²) in [5.41, 5.74) is -0.324. The fourth-order valence-electron chi connectivity index (χ4n) is 2.40. The SMILES string of the molecule is CC(C)(C)C(=O)N1CCCN(C(=O)C2CC2)CC1. The van der Waals surface area contributed by atoms with Crippen molar-refractivity contribution in [3.8, 4) is 0 Å². The maximum Gasteiger partial charge on any atom is 0.228 e. The van der Waals surface area contributed by atoms with Crippen LogP contribution in [0.3, 0.4) is 0 Å². The quantitative estimate of drug-likeness (QED) is 0.709. The highest BCUT2D eigenvalue weighted by atomic mass is 16.2. The fraction of sp³-hybridized carbons (Fsp3) is 0.857. The zero-order valence-corrected chi connectivity index (χ0v) is 11.7. The lowest BCUT2D eigenvalue weighted by Crippen LogP contribution is -2.42. The predicted octanol–water partition coefficient (Wildman–Crippen LogP) is 1.50. The van der Waals surface area contributed by atoms with Crippen molar-refractivity contribution in [1.82, 2.24) is 9.80 Å². The van der Waals surface area contributed by atoms with Gasteiger partial charge < -0.3 is 9.80 Å². The second-order valence-electron chi connectivity index (χ2n) is 6.50. The van der Waals surface area contributed by atoms with Crippen LogP contribution in [0.5, 0.6) is 0 Å². The Balaban J connectivity index is 1.92. The monoisotopic (exact) mass is 252 g/mol. The Labute approximate surface area is 109 Å². The van der Waals surface area contributed by atoms with Gasteiger partial charge in [0.25, 0.3) is 0 Å². The van der Waals surface area contributed by atoms with Gasteiger partial charge in [-0.2, -0.15) is 0 Å². The number of nitrogens with zero attached hydrogens (tertiary/aromatic N) is 2. The molecular formula is C14H24N2O2. The van der Waals surface area contributed by atoms with Gasteiger partial charge in [0.05, 0.1) is 0 Å². The average molecular weight is 252 g/mol. The van der Waals surface area contributed by atoms with E-state index in [1.165, 1.54) is 0 Å². The van der Waals surface area contributed by atoms with Gasteiger partial charge in [0, 0.05) is 37.5 Å².